The van der Waals surface area contributed by atoms with Gasteiger partial charge in [-0.2, -0.15) is 0 Å². The fourth-order valence-electron chi connectivity index (χ4n) is 3.26. The predicted octanol–water partition coefficient (Wildman–Crippen LogP) is 3.66. The van der Waals surface area contributed by atoms with Crippen LogP contribution in [0.2, 0.25) is 0 Å². The Morgan fingerprint density at radius 1 is 1.16 bits per heavy atom. The van der Waals surface area contributed by atoms with Crippen LogP contribution in [0.15, 0.2) is 24.3 Å². The highest BCUT2D eigenvalue weighted by atomic mass is 16.1. The summed E-state index contributed by atoms with van der Waals surface area (Å²) in [5, 5.41) is 0. The van der Waals surface area contributed by atoms with Crippen molar-refractivity contribution in [2.24, 2.45) is 11.1 Å². The van der Waals surface area contributed by atoms with Crippen LogP contribution in [0.25, 0.3) is 0 Å². The van der Waals surface area contributed by atoms with Crippen molar-refractivity contribution >= 4 is 5.78 Å². The highest BCUT2D eigenvalue weighted by molar-refractivity contribution is 5.96. The molecule has 0 amide bonds. The van der Waals surface area contributed by atoms with E-state index < -0.39 is 0 Å². The van der Waals surface area contributed by atoms with Gasteiger partial charge in [0.2, 0.25) is 0 Å². The first-order valence-electron chi connectivity index (χ1n) is 7.56. The van der Waals surface area contributed by atoms with Crippen molar-refractivity contribution in [3.05, 3.63) is 35.4 Å². The Hall–Kier alpha value is -1.15. The van der Waals surface area contributed by atoms with E-state index in [1.807, 2.05) is 12.1 Å². The molecule has 2 aliphatic rings. The summed E-state index contributed by atoms with van der Waals surface area (Å²) in [5.74, 6) is 1.01. The highest BCUT2D eigenvalue weighted by Gasteiger charge is 2.37. The Morgan fingerprint density at radius 3 is 2.26 bits per heavy atom. The topological polar surface area (TPSA) is 43.1 Å². The third-order valence-electron chi connectivity index (χ3n) is 5.19. The number of hydrogen-bond acceptors (Lipinski definition) is 2. The van der Waals surface area contributed by atoms with Gasteiger partial charge in [-0.1, -0.05) is 37.1 Å². The molecule has 0 spiro atoms. The number of nitrogens with two attached hydrogens (primary N) is 1. The van der Waals surface area contributed by atoms with E-state index in [1.54, 1.807) is 0 Å². The minimum atomic E-state index is 0.115. The van der Waals surface area contributed by atoms with E-state index in [1.165, 1.54) is 31.2 Å². The first-order valence-corrected chi connectivity index (χ1v) is 7.56. The van der Waals surface area contributed by atoms with Crippen LogP contribution in [-0.4, -0.2) is 12.3 Å². The molecule has 0 aromatic heterocycles. The summed E-state index contributed by atoms with van der Waals surface area (Å²) in [6.07, 6.45) is 8.07. The first-order chi connectivity index (χ1) is 9.22. The van der Waals surface area contributed by atoms with Crippen molar-refractivity contribution in [2.45, 2.75) is 50.9 Å². The maximum Gasteiger partial charge on any atom is 0.163 e. The molecule has 2 N–H and O–H groups in total. The molecular formula is C17H23NO. The fourth-order valence-corrected chi connectivity index (χ4v) is 3.26. The van der Waals surface area contributed by atoms with E-state index in [2.05, 4.69) is 12.1 Å². The second-order valence-electron chi connectivity index (χ2n) is 6.41. The molecule has 0 bridgehead atoms. The lowest BCUT2D eigenvalue weighted by Gasteiger charge is -2.40. The minimum absolute atomic E-state index is 0.115. The van der Waals surface area contributed by atoms with Gasteiger partial charge in [0, 0.05) is 12.0 Å². The largest absolute Gasteiger partial charge is 0.330 e. The highest BCUT2D eigenvalue weighted by Crippen LogP contribution is 2.43. The van der Waals surface area contributed by atoms with Crippen molar-refractivity contribution in [3.8, 4) is 0 Å². The zero-order valence-corrected chi connectivity index (χ0v) is 11.5. The Balaban J connectivity index is 1.66. The monoisotopic (exact) mass is 257 g/mol. The molecule has 1 aromatic rings. The quantitative estimate of drug-likeness (QED) is 0.818. The number of carbonyl (C=O) groups excluding carboxylic acids is 1. The van der Waals surface area contributed by atoms with E-state index in [0.29, 0.717) is 13.0 Å². The summed E-state index contributed by atoms with van der Waals surface area (Å²) >= 11 is 0. The minimum Gasteiger partial charge on any atom is -0.330 e. The molecule has 0 atom stereocenters. The van der Waals surface area contributed by atoms with E-state index in [4.69, 9.17) is 5.73 Å². The summed E-state index contributed by atoms with van der Waals surface area (Å²) in [6.45, 7) is 0.652. The summed E-state index contributed by atoms with van der Waals surface area (Å²) in [6, 6.07) is 8.32. The van der Waals surface area contributed by atoms with Gasteiger partial charge in [0.15, 0.2) is 5.78 Å². The zero-order valence-electron chi connectivity index (χ0n) is 11.5. The molecule has 102 valence electrons. The van der Waals surface area contributed by atoms with Crippen molar-refractivity contribution in [1.29, 1.82) is 0 Å². The molecule has 0 unspecified atom stereocenters. The average Bonchev–Trinajstić information content (AvgIpc) is 2.32. The number of rotatable bonds is 5. The molecule has 2 nitrogen and oxygen atoms in total. The van der Waals surface area contributed by atoms with Gasteiger partial charge in [-0.3, -0.25) is 4.79 Å². The Kier molecular flexibility index (Phi) is 3.44. The number of hydrogen-bond donors (Lipinski definition) is 1. The van der Waals surface area contributed by atoms with Crippen LogP contribution in [0.5, 0.6) is 0 Å². The van der Waals surface area contributed by atoms with Crippen molar-refractivity contribution in [1.82, 2.24) is 0 Å². The maximum atomic E-state index is 12.3. The van der Waals surface area contributed by atoms with Gasteiger partial charge < -0.3 is 5.73 Å². The van der Waals surface area contributed by atoms with Crippen LogP contribution in [0.3, 0.4) is 0 Å². The van der Waals surface area contributed by atoms with Crippen molar-refractivity contribution in [2.75, 3.05) is 6.54 Å². The molecule has 0 aliphatic heterocycles. The molecule has 0 saturated heterocycles. The molecule has 2 saturated carbocycles. The number of Topliss-reactive ketones (excluding diaryl/α,β-unsaturated/α-hetero) is 1. The zero-order chi connectivity index (χ0) is 13.3. The van der Waals surface area contributed by atoms with E-state index in [0.717, 1.165) is 24.3 Å². The predicted molar refractivity (Wildman–Crippen MR) is 77.3 cm³/mol. The SMILES string of the molecule is NCC1(CC(=O)c2ccc(C3CCC3)cc2)CCC1. The van der Waals surface area contributed by atoms with Gasteiger partial charge in [-0.05, 0) is 49.1 Å². The van der Waals surface area contributed by atoms with Crippen LogP contribution < -0.4 is 5.73 Å². The van der Waals surface area contributed by atoms with Gasteiger partial charge in [0.05, 0.1) is 0 Å². The molecule has 2 fully saturated rings. The Labute approximate surface area is 115 Å². The second kappa shape index (κ2) is 5.09. The normalized spacial score (nSPS) is 21.5. The summed E-state index contributed by atoms with van der Waals surface area (Å²) < 4.78 is 0. The van der Waals surface area contributed by atoms with Gasteiger partial charge in [0.1, 0.15) is 0 Å². The van der Waals surface area contributed by atoms with Gasteiger partial charge >= 0.3 is 0 Å². The van der Waals surface area contributed by atoms with Gasteiger partial charge in [-0.25, -0.2) is 0 Å². The van der Waals surface area contributed by atoms with Crippen LogP contribution in [0.1, 0.15) is 66.8 Å². The molecule has 2 heteroatoms. The molecule has 1 aromatic carbocycles. The van der Waals surface area contributed by atoms with Crippen LogP contribution in [0, 0.1) is 5.41 Å². The molecular weight excluding hydrogens is 234 g/mol. The lowest BCUT2D eigenvalue weighted by Crippen LogP contribution is -2.39. The molecule has 0 heterocycles. The van der Waals surface area contributed by atoms with E-state index in [-0.39, 0.29) is 11.2 Å². The summed E-state index contributed by atoms with van der Waals surface area (Å²) in [7, 11) is 0. The molecule has 2 aliphatic carbocycles. The van der Waals surface area contributed by atoms with E-state index in [9.17, 15) is 4.79 Å². The van der Waals surface area contributed by atoms with Gasteiger partial charge in [-0.15, -0.1) is 0 Å². The third kappa shape index (κ3) is 2.46. The van der Waals surface area contributed by atoms with Gasteiger partial charge in [0.25, 0.3) is 0 Å². The Bertz CT molecular complexity index is 449. The lowest BCUT2D eigenvalue weighted by molar-refractivity contribution is 0.0786. The van der Waals surface area contributed by atoms with E-state index >= 15 is 0 Å². The van der Waals surface area contributed by atoms with Crippen LogP contribution in [0.4, 0.5) is 0 Å². The maximum absolute atomic E-state index is 12.3. The first kappa shape index (κ1) is 12.9. The molecule has 19 heavy (non-hydrogen) atoms. The number of carbonyl (C=O) groups is 1. The second-order valence-corrected chi connectivity index (χ2v) is 6.41. The molecule has 3 rings (SSSR count). The Morgan fingerprint density at radius 2 is 1.84 bits per heavy atom. The summed E-state index contributed by atoms with van der Waals surface area (Å²) in [4.78, 5) is 12.3. The fraction of sp³-hybridized carbons (Fsp3) is 0.588. The smallest absolute Gasteiger partial charge is 0.163 e. The van der Waals surface area contributed by atoms with Crippen molar-refractivity contribution in [3.63, 3.8) is 0 Å². The third-order valence-corrected chi connectivity index (χ3v) is 5.19. The number of ketones is 1. The lowest BCUT2D eigenvalue weighted by atomic mass is 9.65. The average molecular weight is 257 g/mol. The van der Waals surface area contributed by atoms with Crippen LogP contribution in [-0.2, 0) is 0 Å². The number of benzene rings is 1. The summed E-state index contributed by atoms with van der Waals surface area (Å²) in [5.41, 5.74) is 8.21. The standard InChI is InChI=1S/C17H23NO/c18-12-17(9-2-10-17)11-16(19)15-7-5-14(6-8-15)13-3-1-4-13/h5-8,13H,1-4,9-12,18H2. The van der Waals surface area contributed by atoms with Crippen molar-refractivity contribution < 1.29 is 4.79 Å². The molecule has 0 radical (unpaired) electrons. The van der Waals surface area contributed by atoms with Crippen LogP contribution >= 0.6 is 0 Å².